The molecule has 0 bridgehead atoms. The van der Waals surface area contributed by atoms with Gasteiger partial charge in [-0.2, -0.15) is 0 Å². The number of aromatic nitrogens is 1. The molecule has 1 aliphatic rings. The lowest BCUT2D eigenvalue weighted by atomic mass is 10.2. The number of pyridine rings is 1. The molecule has 6 nitrogen and oxygen atoms in total. The van der Waals surface area contributed by atoms with Gasteiger partial charge in [0.25, 0.3) is 0 Å². The zero-order chi connectivity index (χ0) is 17.9. The first-order valence-corrected chi connectivity index (χ1v) is 7.96. The van der Waals surface area contributed by atoms with Crippen LogP contribution in [-0.2, 0) is 4.79 Å². The van der Waals surface area contributed by atoms with Crippen LogP contribution in [0.15, 0.2) is 36.5 Å². The smallest absolute Gasteiger partial charge is 0.322 e. The summed E-state index contributed by atoms with van der Waals surface area (Å²) in [5.41, 5.74) is -0.00621. The molecule has 1 aromatic heterocycles. The molecule has 0 radical (unpaired) electrons. The molecule has 1 fully saturated rings. The minimum absolute atomic E-state index is 0.103. The minimum atomic E-state index is -1.04. The third kappa shape index (κ3) is 4.55. The highest BCUT2D eigenvalue weighted by molar-refractivity contribution is 6.30. The molecular formula is C18H15ClN2O4. The highest BCUT2D eigenvalue weighted by atomic mass is 35.5. The molecule has 2 aromatic rings. The van der Waals surface area contributed by atoms with E-state index < -0.39 is 11.6 Å². The van der Waals surface area contributed by atoms with Gasteiger partial charge in [-0.25, -0.2) is 4.98 Å². The van der Waals surface area contributed by atoms with Gasteiger partial charge in [-0.15, -0.1) is 0 Å². The van der Waals surface area contributed by atoms with Crippen LogP contribution in [0.4, 0.5) is 5.82 Å². The second-order valence-electron chi connectivity index (χ2n) is 5.64. The number of halogens is 1. The van der Waals surface area contributed by atoms with Gasteiger partial charge in [0.15, 0.2) is 17.2 Å². The number of anilines is 1. The molecule has 0 atom stereocenters. The molecular weight excluding hydrogens is 344 g/mol. The maximum atomic E-state index is 10.5. The van der Waals surface area contributed by atoms with Crippen LogP contribution in [0.3, 0.4) is 0 Å². The van der Waals surface area contributed by atoms with E-state index in [0.29, 0.717) is 16.3 Å². The fourth-order valence-electron chi connectivity index (χ4n) is 2.10. The van der Waals surface area contributed by atoms with Crippen LogP contribution in [-0.4, -0.2) is 33.3 Å². The van der Waals surface area contributed by atoms with Crippen molar-refractivity contribution in [3.8, 4) is 23.3 Å². The number of hydrogen-bond acceptors (Lipinski definition) is 5. The molecule has 3 rings (SSSR count). The lowest BCUT2D eigenvalue weighted by Gasteiger charge is -2.11. The Morgan fingerprint density at radius 3 is 2.68 bits per heavy atom. The average molecular weight is 359 g/mol. The number of carboxylic acid groups (broad SMARTS) is 1. The first kappa shape index (κ1) is 16.9. The van der Waals surface area contributed by atoms with Gasteiger partial charge in [0.1, 0.15) is 12.3 Å². The van der Waals surface area contributed by atoms with Crippen molar-refractivity contribution in [3.05, 3.63) is 47.1 Å². The van der Waals surface area contributed by atoms with Crippen LogP contribution in [0.1, 0.15) is 18.4 Å². The number of nitrogens with zero attached hydrogens (tertiary/aromatic N) is 1. The highest BCUT2D eigenvalue weighted by Gasteiger charge is 2.44. The van der Waals surface area contributed by atoms with Gasteiger partial charge in [0.05, 0.1) is 0 Å². The molecule has 0 spiro atoms. The fraction of sp³-hybridized carbons (Fsp3) is 0.222. The van der Waals surface area contributed by atoms with Crippen molar-refractivity contribution in [2.45, 2.75) is 18.4 Å². The zero-order valence-electron chi connectivity index (χ0n) is 13.1. The Labute approximate surface area is 149 Å². The Balaban J connectivity index is 1.69. The summed E-state index contributed by atoms with van der Waals surface area (Å²) in [7, 11) is 0. The van der Waals surface area contributed by atoms with Gasteiger partial charge in [0, 0.05) is 35.7 Å². The summed E-state index contributed by atoms with van der Waals surface area (Å²) in [6.45, 7) is -0.330. The maximum Gasteiger partial charge on any atom is 0.322 e. The largest absolute Gasteiger partial charge is 0.504 e. The summed E-state index contributed by atoms with van der Waals surface area (Å²) in [4.78, 5) is 14.5. The van der Waals surface area contributed by atoms with Crippen molar-refractivity contribution in [2.24, 2.45) is 0 Å². The van der Waals surface area contributed by atoms with Gasteiger partial charge in [-0.05, 0) is 30.2 Å². The number of rotatable bonds is 5. The minimum Gasteiger partial charge on any atom is -0.504 e. The molecule has 0 amide bonds. The van der Waals surface area contributed by atoms with E-state index in [0.717, 1.165) is 12.8 Å². The Bertz CT molecular complexity index is 852. The summed E-state index contributed by atoms with van der Waals surface area (Å²) in [6.07, 6.45) is 3.11. The van der Waals surface area contributed by atoms with Crippen molar-refractivity contribution in [3.63, 3.8) is 0 Å². The van der Waals surface area contributed by atoms with E-state index in [-0.39, 0.29) is 18.1 Å². The Morgan fingerprint density at radius 2 is 2.08 bits per heavy atom. The van der Waals surface area contributed by atoms with Gasteiger partial charge < -0.3 is 20.3 Å². The second-order valence-corrected chi connectivity index (χ2v) is 6.08. The van der Waals surface area contributed by atoms with Crippen LogP contribution < -0.4 is 10.1 Å². The van der Waals surface area contributed by atoms with E-state index in [1.807, 2.05) is 0 Å². The predicted octanol–water partition coefficient (Wildman–Crippen LogP) is 2.90. The molecule has 1 aliphatic carbocycles. The van der Waals surface area contributed by atoms with E-state index in [2.05, 4.69) is 22.1 Å². The zero-order valence-corrected chi connectivity index (χ0v) is 13.9. The molecule has 1 heterocycles. The number of hydrogen-bond donors (Lipinski definition) is 3. The third-order valence-corrected chi connectivity index (χ3v) is 3.79. The summed E-state index contributed by atoms with van der Waals surface area (Å²) in [5, 5.41) is 21.7. The molecule has 25 heavy (non-hydrogen) atoms. The summed E-state index contributed by atoms with van der Waals surface area (Å²) in [6, 6.07) is 8.53. The van der Waals surface area contributed by atoms with Gasteiger partial charge in [-0.3, -0.25) is 4.79 Å². The highest BCUT2D eigenvalue weighted by Crippen LogP contribution is 2.40. The van der Waals surface area contributed by atoms with Crippen LogP contribution >= 0.6 is 11.6 Å². The number of carboxylic acids is 1. The molecule has 1 aromatic carbocycles. The second kappa shape index (κ2) is 6.91. The topological polar surface area (TPSA) is 91.7 Å². The molecule has 3 N–H and O–H groups in total. The summed E-state index contributed by atoms with van der Waals surface area (Å²) < 4.78 is 5.92. The number of carbonyl (C=O) groups is 1. The van der Waals surface area contributed by atoms with Gasteiger partial charge in [-0.1, -0.05) is 17.5 Å². The monoisotopic (exact) mass is 358 g/mol. The van der Waals surface area contributed by atoms with Crippen molar-refractivity contribution >= 4 is 23.4 Å². The Hall–Kier alpha value is -2.91. The quantitative estimate of drug-likeness (QED) is 0.712. The van der Waals surface area contributed by atoms with E-state index in [1.165, 1.54) is 12.3 Å². The van der Waals surface area contributed by atoms with Gasteiger partial charge >= 0.3 is 5.97 Å². The van der Waals surface area contributed by atoms with Crippen LogP contribution in [0, 0.1) is 11.8 Å². The molecule has 0 saturated heterocycles. The van der Waals surface area contributed by atoms with Crippen LogP contribution in [0.2, 0.25) is 5.02 Å². The lowest BCUT2D eigenvalue weighted by molar-refractivity contribution is -0.134. The van der Waals surface area contributed by atoms with Crippen molar-refractivity contribution in [1.82, 2.24) is 4.98 Å². The van der Waals surface area contributed by atoms with E-state index in [1.54, 1.807) is 24.3 Å². The van der Waals surface area contributed by atoms with Crippen LogP contribution in [0.25, 0.3) is 0 Å². The number of aromatic hydroxyl groups is 1. The average Bonchev–Trinajstić information content (AvgIpc) is 3.34. The van der Waals surface area contributed by atoms with E-state index in [4.69, 9.17) is 21.4 Å². The number of aliphatic carboxylic acids is 1. The predicted molar refractivity (Wildman–Crippen MR) is 93.0 cm³/mol. The molecule has 128 valence electrons. The van der Waals surface area contributed by atoms with Crippen molar-refractivity contribution in [2.75, 3.05) is 11.9 Å². The van der Waals surface area contributed by atoms with E-state index in [9.17, 15) is 9.90 Å². The van der Waals surface area contributed by atoms with Crippen molar-refractivity contribution < 1.29 is 19.7 Å². The summed E-state index contributed by atoms with van der Waals surface area (Å²) in [5.74, 6) is 5.62. The number of benzene rings is 1. The van der Waals surface area contributed by atoms with Gasteiger partial charge in [0.2, 0.25) is 0 Å². The molecule has 0 aliphatic heterocycles. The maximum absolute atomic E-state index is 10.5. The SMILES string of the molecule is O=C(O)CNc1ncc(C#CC2(Oc3ccc(Cl)cc3)CC2)cc1O. The normalized spacial score (nSPS) is 14.1. The molecule has 0 unspecified atom stereocenters. The Kier molecular flexibility index (Phi) is 4.68. The Morgan fingerprint density at radius 1 is 1.36 bits per heavy atom. The number of ether oxygens (including phenoxy) is 1. The van der Waals surface area contributed by atoms with E-state index >= 15 is 0 Å². The standard InChI is InChI=1S/C18H15ClN2O4/c19-13-1-3-14(4-2-13)25-18(7-8-18)6-5-12-9-15(22)17(20-10-12)21-11-16(23)24/h1-4,9-10,22H,7-8,11H2,(H,20,21)(H,23,24). The first-order valence-electron chi connectivity index (χ1n) is 7.58. The first-order chi connectivity index (χ1) is 12.0. The number of nitrogens with one attached hydrogen (secondary N) is 1. The van der Waals surface area contributed by atoms with Crippen molar-refractivity contribution in [1.29, 1.82) is 0 Å². The third-order valence-electron chi connectivity index (χ3n) is 3.54. The van der Waals surface area contributed by atoms with Crippen LogP contribution in [0.5, 0.6) is 11.5 Å². The molecule has 1 saturated carbocycles. The lowest BCUT2D eigenvalue weighted by Crippen LogP contribution is -2.15. The summed E-state index contributed by atoms with van der Waals surface area (Å²) >= 11 is 5.86. The fourth-order valence-corrected chi connectivity index (χ4v) is 2.22. The molecule has 7 heteroatoms.